The van der Waals surface area contributed by atoms with Crippen molar-refractivity contribution in [2.24, 2.45) is 0 Å². The fourth-order valence-corrected chi connectivity index (χ4v) is 4.69. The van der Waals surface area contributed by atoms with E-state index in [1.807, 2.05) is 55.4 Å². The van der Waals surface area contributed by atoms with Gasteiger partial charge in [-0.3, -0.25) is 14.9 Å². The highest BCUT2D eigenvalue weighted by Gasteiger charge is 2.17. The molecule has 0 saturated heterocycles. The predicted molar refractivity (Wildman–Crippen MR) is 161 cm³/mol. The van der Waals surface area contributed by atoms with Gasteiger partial charge in [-0.25, -0.2) is 14.4 Å². The van der Waals surface area contributed by atoms with E-state index in [9.17, 15) is 9.18 Å². The van der Waals surface area contributed by atoms with Gasteiger partial charge in [-0.05, 0) is 61.6 Å². The van der Waals surface area contributed by atoms with Gasteiger partial charge in [0.15, 0.2) is 11.5 Å². The number of hydrogen-bond donors (Lipinski definition) is 3. The first-order valence-electron chi connectivity index (χ1n) is 13.5. The molecule has 0 fully saturated rings. The third kappa shape index (κ3) is 5.54. The molecule has 0 unspecified atom stereocenters. The molecule has 0 saturated carbocycles. The zero-order chi connectivity index (χ0) is 29.2. The van der Waals surface area contributed by atoms with Crippen LogP contribution < -0.4 is 10.1 Å². The summed E-state index contributed by atoms with van der Waals surface area (Å²) in [5.74, 6) is 0.498. The molecule has 0 aliphatic heterocycles. The number of halogens is 1. The molecule has 1 amide bonds. The number of aromatic amines is 2. The number of likely N-dealkylation sites (N-methyl/N-ethyl adjacent to an activating group) is 1. The number of imidazole rings is 1. The molecule has 6 rings (SSSR count). The average molecular weight is 565 g/mol. The highest BCUT2D eigenvalue weighted by molar-refractivity contribution is 5.98. The first-order valence-corrected chi connectivity index (χ1v) is 13.5. The number of benzene rings is 2. The number of hydrogen-bond acceptors (Lipinski definition) is 7. The van der Waals surface area contributed by atoms with Crippen molar-refractivity contribution in [3.63, 3.8) is 0 Å². The number of carbonyl (C=O) groups is 1. The maximum absolute atomic E-state index is 14.6. The molecule has 42 heavy (non-hydrogen) atoms. The largest absolute Gasteiger partial charge is 0.492 e. The van der Waals surface area contributed by atoms with Crippen LogP contribution >= 0.6 is 0 Å². The van der Waals surface area contributed by atoms with Crippen LogP contribution in [0.3, 0.4) is 0 Å². The van der Waals surface area contributed by atoms with Gasteiger partial charge in [-0.15, -0.1) is 0 Å². The van der Waals surface area contributed by atoms with E-state index in [0.29, 0.717) is 59.3 Å². The maximum Gasteiger partial charge on any atom is 0.224 e. The summed E-state index contributed by atoms with van der Waals surface area (Å²) < 4.78 is 20.4. The van der Waals surface area contributed by atoms with Gasteiger partial charge >= 0.3 is 0 Å². The number of nitrogens with one attached hydrogen (secondary N) is 3. The Morgan fingerprint density at radius 3 is 2.76 bits per heavy atom. The molecule has 0 aliphatic rings. The minimum Gasteiger partial charge on any atom is -0.492 e. The summed E-state index contributed by atoms with van der Waals surface area (Å²) in [6.07, 6.45) is 5.41. The molecule has 2 aromatic carbocycles. The van der Waals surface area contributed by atoms with Gasteiger partial charge in [-0.2, -0.15) is 5.10 Å². The molecular weight excluding hydrogens is 535 g/mol. The zero-order valence-corrected chi connectivity index (χ0v) is 23.4. The highest BCUT2D eigenvalue weighted by Crippen LogP contribution is 2.34. The summed E-state index contributed by atoms with van der Waals surface area (Å²) in [5, 5.41) is 11.3. The molecular formula is C31H29FN8O2. The third-order valence-electron chi connectivity index (χ3n) is 6.84. The number of amides is 1. The van der Waals surface area contributed by atoms with Crippen molar-refractivity contribution in [3.8, 4) is 39.5 Å². The zero-order valence-electron chi connectivity index (χ0n) is 23.4. The molecule has 4 aromatic heterocycles. The molecule has 0 radical (unpaired) electrons. The maximum atomic E-state index is 14.6. The standard InChI is InChI=1S/C31H29FN8O2/c1-4-27(41)35-22-12-20(16-33-17-22)18-5-6-26-25(14-18)29(39-38-26)31-36-28-24(7-8-34-30(28)37-31)19-11-21(32)15-23(13-19)42-10-9-40(2)3/h5-8,11-17H,4,9-10H2,1-3H3,(H,35,41)(H,38,39)(H,34,36,37). The summed E-state index contributed by atoms with van der Waals surface area (Å²) in [6, 6.07) is 14.3. The van der Waals surface area contributed by atoms with Crippen molar-refractivity contribution in [1.29, 1.82) is 0 Å². The van der Waals surface area contributed by atoms with E-state index < -0.39 is 5.82 Å². The quantitative estimate of drug-likeness (QED) is 0.207. The molecule has 6 aromatic rings. The SMILES string of the molecule is CCC(=O)Nc1cncc(-c2ccc3[nH]nc(-c4nc5c(-c6cc(F)cc(OCCN(C)C)c6)ccnc5[nH]4)c3c2)c1. The Balaban J connectivity index is 1.36. The molecule has 0 aliphatic carbocycles. The molecule has 4 heterocycles. The number of rotatable bonds is 9. The Kier molecular flexibility index (Phi) is 7.32. The Morgan fingerprint density at radius 2 is 1.93 bits per heavy atom. The number of H-pyrrole nitrogens is 2. The number of nitrogens with zero attached hydrogens (tertiary/aromatic N) is 5. The van der Waals surface area contributed by atoms with Crippen molar-refractivity contribution in [1.82, 2.24) is 35.0 Å². The first kappa shape index (κ1) is 27.0. The molecule has 11 heteroatoms. The van der Waals surface area contributed by atoms with Crippen molar-refractivity contribution in [2.75, 3.05) is 32.6 Å². The minimum absolute atomic E-state index is 0.0781. The minimum atomic E-state index is -0.397. The lowest BCUT2D eigenvalue weighted by Crippen LogP contribution is -2.19. The van der Waals surface area contributed by atoms with E-state index in [1.165, 1.54) is 12.1 Å². The number of fused-ring (bicyclic) bond motifs is 2. The highest BCUT2D eigenvalue weighted by atomic mass is 19.1. The Labute approximate surface area is 241 Å². The number of aromatic nitrogens is 6. The summed E-state index contributed by atoms with van der Waals surface area (Å²) >= 11 is 0. The summed E-state index contributed by atoms with van der Waals surface area (Å²) in [4.78, 5) is 30.8. The number of ether oxygens (including phenoxy) is 1. The van der Waals surface area contributed by atoms with Gasteiger partial charge in [0.05, 0.1) is 17.4 Å². The molecule has 3 N–H and O–H groups in total. The second-order valence-corrected chi connectivity index (χ2v) is 10.2. The first-order chi connectivity index (χ1) is 20.4. The molecule has 0 atom stereocenters. The van der Waals surface area contributed by atoms with Crippen molar-refractivity contribution < 1.29 is 13.9 Å². The third-order valence-corrected chi connectivity index (χ3v) is 6.84. The van der Waals surface area contributed by atoms with E-state index in [-0.39, 0.29) is 5.91 Å². The van der Waals surface area contributed by atoms with E-state index in [2.05, 4.69) is 30.5 Å². The summed E-state index contributed by atoms with van der Waals surface area (Å²) in [5.41, 5.74) is 6.33. The van der Waals surface area contributed by atoms with Crippen LogP contribution in [0.2, 0.25) is 0 Å². The number of carbonyl (C=O) groups excluding carboxylic acids is 1. The normalized spacial score (nSPS) is 11.5. The van der Waals surface area contributed by atoms with Crippen LogP contribution in [0.25, 0.3) is 55.8 Å². The number of anilines is 1. The second kappa shape index (κ2) is 11.4. The van der Waals surface area contributed by atoms with Gasteiger partial charge in [0.2, 0.25) is 5.91 Å². The van der Waals surface area contributed by atoms with Crippen LogP contribution in [0, 0.1) is 5.82 Å². The smallest absolute Gasteiger partial charge is 0.224 e. The molecule has 0 spiro atoms. The lowest BCUT2D eigenvalue weighted by molar-refractivity contribution is -0.115. The fraction of sp³-hybridized carbons (Fsp3) is 0.194. The Hall–Kier alpha value is -5.16. The van der Waals surface area contributed by atoms with E-state index in [1.54, 1.807) is 25.5 Å². The van der Waals surface area contributed by atoms with Crippen LogP contribution in [0.15, 0.2) is 67.1 Å². The Bertz CT molecular complexity index is 1910. The van der Waals surface area contributed by atoms with Gasteiger partial charge in [0, 0.05) is 47.9 Å². The summed E-state index contributed by atoms with van der Waals surface area (Å²) in [6.45, 7) is 2.95. The monoisotopic (exact) mass is 564 g/mol. The molecule has 10 nitrogen and oxygen atoms in total. The number of pyridine rings is 2. The van der Waals surface area contributed by atoms with E-state index >= 15 is 0 Å². The van der Waals surface area contributed by atoms with Crippen LogP contribution in [0.4, 0.5) is 10.1 Å². The van der Waals surface area contributed by atoms with Crippen molar-refractivity contribution in [3.05, 3.63) is 72.9 Å². The average Bonchev–Trinajstić information content (AvgIpc) is 3.60. The van der Waals surface area contributed by atoms with Crippen LogP contribution in [0.1, 0.15) is 13.3 Å². The molecule has 212 valence electrons. The van der Waals surface area contributed by atoms with Crippen LogP contribution in [-0.2, 0) is 4.79 Å². The van der Waals surface area contributed by atoms with Crippen LogP contribution in [0.5, 0.6) is 5.75 Å². The van der Waals surface area contributed by atoms with Gasteiger partial charge in [0.1, 0.15) is 29.4 Å². The van der Waals surface area contributed by atoms with Gasteiger partial charge in [0.25, 0.3) is 0 Å². The Morgan fingerprint density at radius 1 is 1.05 bits per heavy atom. The van der Waals surface area contributed by atoms with Gasteiger partial charge < -0.3 is 19.9 Å². The van der Waals surface area contributed by atoms with Crippen molar-refractivity contribution in [2.45, 2.75) is 13.3 Å². The molecule has 0 bridgehead atoms. The van der Waals surface area contributed by atoms with Crippen molar-refractivity contribution >= 4 is 33.7 Å². The van der Waals surface area contributed by atoms with Crippen LogP contribution in [-0.4, -0.2) is 68.2 Å². The van der Waals surface area contributed by atoms with E-state index in [4.69, 9.17) is 9.72 Å². The fourth-order valence-electron chi connectivity index (χ4n) is 4.69. The summed E-state index contributed by atoms with van der Waals surface area (Å²) in [7, 11) is 3.91. The van der Waals surface area contributed by atoms with Gasteiger partial charge in [-0.1, -0.05) is 13.0 Å². The van der Waals surface area contributed by atoms with E-state index in [0.717, 1.165) is 27.6 Å². The second-order valence-electron chi connectivity index (χ2n) is 10.2. The topological polar surface area (TPSA) is 125 Å². The lowest BCUT2D eigenvalue weighted by Gasteiger charge is -2.12. The predicted octanol–water partition coefficient (Wildman–Crippen LogP) is 5.66. The lowest BCUT2D eigenvalue weighted by atomic mass is 10.0.